The zero-order chi connectivity index (χ0) is 13.8. The van der Waals surface area contributed by atoms with Crippen molar-refractivity contribution < 1.29 is 4.39 Å². The minimum atomic E-state index is -0.155. The van der Waals surface area contributed by atoms with Crippen LogP contribution in [0.25, 0.3) is 10.1 Å². The van der Waals surface area contributed by atoms with Gasteiger partial charge in [-0.1, -0.05) is 26.7 Å². The van der Waals surface area contributed by atoms with Crippen molar-refractivity contribution in [1.82, 2.24) is 5.32 Å². The number of hydrogen-bond donors (Lipinski definition) is 1. The Balaban J connectivity index is 2.25. The van der Waals surface area contributed by atoms with Crippen LogP contribution in [0.1, 0.15) is 44.0 Å². The second-order valence-electron chi connectivity index (χ2n) is 5.09. The molecule has 0 bridgehead atoms. The fraction of sp³-hybridized carbons (Fsp3) is 0.500. The average molecular weight is 279 g/mol. The topological polar surface area (TPSA) is 12.0 Å². The third kappa shape index (κ3) is 3.34. The molecule has 19 heavy (non-hydrogen) atoms. The highest BCUT2D eigenvalue weighted by atomic mass is 32.1. The highest BCUT2D eigenvalue weighted by Crippen LogP contribution is 2.34. The maximum absolute atomic E-state index is 13.2. The van der Waals surface area contributed by atoms with Crippen LogP contribution in [-0.2, 0) is 0 Å². The van der Waals surface area contributed by atoms with Crippen LogP contribution in [0.2, 0.25) is 0 Å². The van der Waals surface area contributed by atoms with E-state index in [0.717, 1.165) is 17.7 Å². The number of thiophene rings is 1. The zero-order valence-electron chi connectivity index (χ0n) is 11.9. The summed E-state index contributed by atoms with van der Waals surface area (Å²) in [6, 6.07) is 7.55. The SMILES string of the molecule is CCC(CC)CC(NC)c1cc2cc(F)ccc2s1. The molecule has 0 saturated carbocycles. The third-order valence-corrected chi connectivity index (χ3v) is 5.14. The van der Waals surface area contributed by atoms with E-state index in [4.69, 9.17) is 0 Å². The van der Waals surface area contributed by atoms with E-state index in [1.54, 1.807) is 17.4 Å². The van der Waals surface area contributed by atoms with Crippen LogP contribution < -0.4 is 5.32 Å². The van der Waals surface area contributed by atoms with Crippen LogP contribution in [0, 0.1) is 11.7 Å². The summed E-state index contributed by atoms with van der Waals surface area (Å²) in [4.78, 5) is 1.31. The molecule has 0 radical (unpaired) electrons. The van der Waals surface area contributed by atoms with Gasteiger partial charge in [0, 0.05) is 15.6 Å². The molecular weight excluding hydrogens is 257 g/mol. The minimum absolute atomic E-state index is 0.155. The Hall–Kier alpha value is -0.930. The molecule has 3 heteroatoms. The lowest BCUT2D eigenvalue weighted by molar-refractivity contribution is 0.388. The molecule has 1 aromatic carbocycles. The molecule has 0 spiro atoms. The molecule has 0 aliphatic heterocycles. The second kappa shape index (κ2) is 6.49. The summed E-state index contributed by atoms with van der Waals surface area (Å²) >= 11 is 1.77. The van der Waals surface area contributed by atoms with Gasteiger partial charge in [-0.25, -0.2) is 4.39 Å². The van der Waals surface area contributed by atoms with Crippen LogP contribution in [0.3, 0.4) is 0 Å². The number of hydrogen-bond acceptors (Lipinski definition) is 2. The summed E-state index contributed by atoms with van der Waals surface area (Å²) in [5.41, 5.74) is 0. The number of rotatable bonds is 6. The van der Waals surface area contributed by atoms with Gasteiger partial charge in [-0.3, -0.25) is 0 Å². The molecule has 0 fully saturated rings. The van der Waals surface area contributed by atoms with Crippen molar-refractivity contribution in [1.29, 1.82) is 0 Å². The van der Waals surface area contributed by atoms with E-state index in [0.29, 0.717) is 6.04 Å². The van der Waals surface area contributed by atoms with Gasteiger partial charge in [0.2, 0.25) is 0 Å². The minimum Gasteiger partial charge on any atom is -0.312 e. The molecule has 1 atom stereocenters. The largest absolute Gasteiger partial charge is 0.312 e. The van der Waals surface area contributed by atoms with E-state index < -0.39 is 0 Å². The normalized spacial score (nSPS) is 13.3. The van der Waals surface area contributed by atoms with E-state index in [2.05, 4.69) is 25.2 Å². The van der Waals surface area contributed by atoms with Crippen molar-refractivity contribution in [2.75, 3.05) is 7.05 Å². The molecule has 2 aromatic rings. The van der Waals surface area contributed by atoms with E-state index in [1.807, 2.05) is 13.1 Å². The maximum Gasteiger partial charge on any atom is 0.123 e. The summed E-state index contributed by atoms with van der Waals surface area (Å²) in [6.07, 6.45) is 3.58. The first-order valence-corrected chi connectivity index (χ1v) is 7.85. The molecule has 1 aromatic heterocycles. The lowest BCUT2D eigenvalue weighted by Crippen LogP contribution is -2.18. The Morgan fingerprint density at radius 2 is 1.95 bits per heavy atom. The Morgan fingerprint density at radius 1 is 1.21 bits per heavy atom. The van der Waals surface area contributed by atoms with Crippen molar-refractivity contribution in [2.24, 2.45) is 5.92 Å². The van der Waals surface area contributed by atoms with Gasteiger partial charge in [-0.2, -0.15) is 0 Å². The molecule has 0 amide bonds. The first kappa shape index (κ1) is 14.5. The van der Waals surface area contributed by atoms with Gasteiger partial charge >= 0.3 is 0 Å². The predicted molar refractivity (Wildman–Crippen MR) is 82.3 cm³/mol. The predicted octanol–water partition coefficient (Wildman–Crippen LogP) is 5.13. The Labute approximate surface area is 118 Å². The number of halogens is 1. The van der Waals surface area contributed by atoms with E-state index in [1.165, 1.54) is 28.5 Å². The van der Waals surface area contributed by atoms with Crippen molar-refractivity contribution >= 4 is 21.4 Å². The molecule has 1 heterocycles. The summed E-state index contributed by atoms with van der Waals surface area (Å²) in [6.45, 7) is 4.50. The zero-order valence-corrected chi connectivity index (χ0v) is 12.7. The van der Waals surface area contributed by atoms with Crippen LogP contribution in [0.5, 0.6) is 0 Å². The molecule has 1 unspecified atom stereocenters. The molecule has 104 valence electrons. The summed E-state index contributed by atoms with van der Waals surface area (Å²) in [7, 11) is 2.01. The van der Waals surface area contributed by atoms with Crippen molar-refractivity contribution in [3.05, 3.63) is 35.0 Å². The van der Waals surface area contributed by atoms with Gasteiger partial charge in [-0.05, 0) is 49.0 Å². The van der Waals surface area contributed by atoms with Crippen LogP contribution in [0.4, 0.5) is 4.39 Å². The quantitative estimate of drug-likeness (QED) is 0.773. The summed E-state index contributed by atoms with van der Waals surface area (Å²) in [5.74, 6) is 0.595. The maximum atomic E-state index is 13.2. The van der Waals surface area contributed by atoms with Crippen molar-refractivity contribution in [3.8, 4) is 0 Å². The van der Waals surface area contributed by atoms with Crippen LogP contribution >= 0.6 is 11.3 Å². The van der Waals surface area contributed by atoms with E-state index in [-0.39, 0.29) is 5.82 Å². The number of benzene rings is 1. The molecule has 2 rings (SSSR count). The number of nitrogens with one attached hydrogen (secondary N) is 1. The summed E-state index contributed by atoms with van der Waals surface area (Å²) in [5, 5.41) is 4.43. The van der Waals surface area contributed by atoms with Gasteiger partial charge in [0.05, 0.1) is 0 Å². The van der Waals surface area contributed by atoms with Gasteiger partial charge < -0.3 is 5.32 Å². The van der Waals surface area contributed by atoms with Crippen molar-refractivity contribution in [3.63, 3.8) is 0 Å². The standard InChI is InChI=1S/C16H22FNS/c1-4-11(5-2)8-14(18-3)16-10-12-9-13(17)6-7-15(12)19-16/h6-7,9-11,14,18H,4-5,8H2,1-3H3. The monoisotopic (exact) mass is 279 g/mol. The first-order chi connectivity index (χ1) is 9.17. The fourth-order valence-electron chi connectivity index (χ4n) is 2.54. The lowest BCUT2D eigenvalue weighted by Gasteiger charge is -2.20. The lowest BCUT2D eigenvalue weighted by atomic mass is 9.94. The first-order valence-electron chi connectivity index (χ1n) is 7.04. The van der Waals surface area contributed by atoms with Gasteiger partial charge in [0.15, 0.2) is 0 Å². The molecule has 1 nitrogen and oxygen atoms in total. The average Bonchev–Trinajstić information content (AvgIpc) is 2.83. The van der Waals surface area contributed by atoms with Gasteiger partial charge in [0.25, 0.3) is 0 Å². The highest BCUT2D eigenvalue weighted by Gasteiger charge is 2.17. The summed E-state index contributed by atoms with van der Waals surface area (Å²) < 4.78 is 14.4. The van der Waals surface area contributed by atoms with E-state index >= 15 is 0 Å². The fourth-order valence-corrected chi connectivity index (χ4v) is 3.71. The Bertz CT molecular complexity index is 531. The molecule has 1 N–H and O–H groups in total. The smallest absolute Gasteiger partial charge is 0.123 e. The molecule has 0 saturated heterocycles. The molecule has 0 aliphatic rings. The number of fused-ring (bicyclic) bond motifs is 1. The molecular formula is C16H22FNS. The van der Waals surface area contributed by atoms with Gasteiger partial charge in [0.1, 0.15) is 5.82 Å². The third-order valence-electron chi connectivity index (χ3n) is 3.91. The van der Waals surface area contributed by atoms with Crippen molar-refractivity contribution in [2.45, 2.75) is 39.2 Å². The highest BCUT2D eigenvalue weighted by molar-refractivity contribution is 7.19. The molecule has 0 aliphatic carbocycles. The van der Waals surface area contributed by atoms with Crippen LogP contribution in [0.15, 0.2) is 24.3 Å². The Morgan fingerprint density at radius 3 is 2.58 bits per heavy atom. The van der Waals surface area contributed by atoms with Crippen LogP contribution in [-0.4, -0.2) is 7.05 Å². The van der Waals surface area contributed by atoms with Gasteiger partial charge in [-0.15, -0.1) is 11.3 Å². The Kier molecular flexibility index (Phi) is 4.94. The second-order valence-corrected chi connectivity index (χ2v) is 6.21. The van der Waals surface area contributed by atoms with E-state index in [9.17, 15) is 4.39 Å².